The van der Waals surface area contributed by atoms with E-state index in [2.05, 4.69) is 5.32 Å². The average molecular weight is 572 g/mol. The molecule has 0 aromatic heterocycles. The molecule has 1 aliphatic heterocycles. The van der Waals surface area contributed by atoms with E-state index in [1.807, 2.05) is 37.3 Å². The molecule has 1 N–H and O–H groups in total. The SMILES string of the molecule is CC[C@H](C(=O)NC1CCCCC1)N(Cc1ccccc1)C(=O)CCCN(c1ccc2c(c1)OCCO2)S(C)(=O)=O. The smallest absolute Gasteiger partial charge is 0.243 e. The summed E-state index contributed by atoms with van der Waals surface area (Å²) in [6.07, 6.45) is 7.39. The maximum atomic E-state index is 13.6. The normalized spacial score (nSPS) is 16.1. The molecule has 2 aliphatic rings. The zero-order valence-corrected chi connectivity index (χ0v) is 24.3. The summed E-state index contributed by atoms with van der Waals surface area (Å²) < 4.78 is 37.8. The van der Waals surface area contributed by atoms with E-state index in [9.17, 15) is 18.0 Å². The predicted octanol–water partition coefficient (Wildman–Crippen LogP) is 4.26. The molecule has 2 aromatic carbocycles. The fraction of sp³-hybridized carbons (Fsp3) is 0.533. The third kappa shape index (κ3) is 7.90. The Morgan fingerprint density at radius 1 is 1.00 bits per heavy atom. The van der Waals surface area contributed by atoms with E-state index >= 15 is 0 Å². The summed E-state index contributed by atoms with van der Waals surface area (Å²) >= 11 is 0. The Hall–Kier alpha value is -3.27. The van der Waals surface area contributed by atoms with Gasteiger partial charge in [0.1, 0.15) is 19.3 Å². The van der Waals surface area contributed by atoms with Gasteiger partial charge in [0.05, 0.1) is 11.9 Å². The molecular weight excluding hydrogens is 530 g/mol. The van der Waals surface area contributed by atoms with Crippen LogP contribution >= 0.6 is 0 Å². The zero-order valence-electron chi connectivity index (χ0n) is 23.5. The minimum Gasteiger partial charge on any atom is -0.486 e. The number of benzene rings is 2. The van der Waals surface area contributed by atoms with Gasteiger partial charge in [0.25, 0.3) is 0 Å². The highest BCUT2D eigenvalue weighted by atomic mass is 32.2. The quantitative estimate of drug-likeness (QED) is 0.408. The lowest BCUT2D eigenvalue weighted by Gasteiger charge is -2.33. The molecule has 218 valence electrons. The van der Waals surface area contributed by atoms with Gasteiger partial charge in [0, 0.05) is 31.6 Å². The topological polar surface area (TPSA) is 105 Å². The number of carbonyl (C=O) groups excluding carboxylic acids is 2. The lowest BCUT2D eigenvalue weighted by Crippen LogP contribution is -2.51. The molecule has 0 spiro atoms. The van der Waals surface area contributed by atoms with Crippen LogP contribution in [0, 0.1) is 0 Å². The first kappa shape index (κ1) is 29.7. The van der Waals surface area contributed by atoms with Crippen LogP contribution in [-0.4, -0.2) is 63.2 Å². The summed E-state index contributed by atoms with van der Waals surface area (Å²) in [5, 5.41) is 3.19. The number of amides is 2. The molecule has 1 fully saturated rings. The maximum absolute atomic E-state index is 13.6. The van der Waals surface area contributed by atoms with Crippen molar-refractivity contribution in [3.05, 3.63) is 54.1 Å². The molecule has 0 radical (unpaired) electrons. The Bertz CT molecular complexity index is 1250. The van der Waals surface area contributed by atoms with Crippen LogP contribution in [0.2, 0.25) is 0 Å². The fourth-order valence-corrected chi connectivity index (χ4v) is 6.39. The minimum absolute atomic E-state index is 0.108. The largest absolute Gasteiger partial charge is 0.486 e. The Morgan fingerprint density at radius 2 is 1.70 bits per heavy atom. The molecule has 9 nitrogen and oxygen atoms in total. The molecule has 0 bridgehead atoms. The van der Waals surface area contributed by atoms with Gasteiger partial charge in [-0.3, -0.25) is 13.9 Å². The van der Waals surface area contributed by atoms with E-state index in [1.54, 1.807) is 23.1 Å². The average Bonchev–Trinajstić information content (AvgIpc) is 2.95. The van der Waals surface area contributed by atoms with Gasteiger partial charge in [-0.1, -0.05) is 56.5 Å². The first-order chi connectivity index (χ1) is 19.3. The Morgan fingerprint density at radius 3 is 2.38 bits per heavy atom. The van der Waals surface area contributed by atoms with Crippen molar-refractivity contribution < 1.29 is 27.5 Å². The highest BCUT2D eigenvalue weighted by Crippen LogP contribution is 2.34. The molecule has 2 aromatic rings. The van der Waals surface area contributed by atoms with Crippen molar-refractivity contribution in [1.82, 2.24) is 10.2 Å². The molecule has 1 atom stereocenters. The van der Waals surface area contributed by atoms with Crippen LogP contribution in [0.3, 0.4) is 0 Å². The van der Waals surface area contributed by atoms with Crippen LogP contribution in [0.4, 0.5) is 5.69 Å². The first-order valence-corrected chi connectivity index (χ1v) is 16.1. The summed E-state index contributed by atoms with van der Waals surface area (Å²) in [4.78, 5) is 28.7. The second-order valence-corrected chi connectivity index (χ2v) is 12.4. The van der Waals surface area contributed by atoms with Crippen molar-refractivity contribution in [1.29, 1.82) is 0 Å². The van der Waals surface area contributed by atoms with Crippen LogP contribution in [0.1, 0.15) is 63.9 Å². The number of sulfonamides is 1. The van der Waals surface area contributed by atoms with Crippen molar-refractivity contribution >= 4 is 27.5 Å². The van der Waals surface area contributed by atoms with Gasteiger partial charge < -0.3 is 19.7 Å². The number of nitrogens with zero attached hydrogens (tertiary/aromatic N) is 2. The molecule has 0 saturated heterocycles. The van der Waals surface area contributed by atoms with Crippen molar-refractivity contribution in [2.45, 2.75) is 76.9 Å². The van der Waals surface area contributed by atoms with E-state index in [1.165, 1.54) is 10.7 Å². The van der Waals surface area contributed by atoms with Gasteiger partial charge in [-0.25, -0.2) is 8.42 Å². The van der Waals surface area contributed by atoms with Gasteiger partial charge in [-0.2, -0.15) is 0 Å². The molecule has 2 amide bonds. The molecule has 40 heavy (non-hydrogen) atoms. The van der Waals surface area contributed by atoms with Gasteiger partial charge in [0.15, 0.2) is 11.5 Å². The molecule has 1 aliphatic carbocycles. The van der Waals surface area contributed by atoms with E-state index in [-0.39, 0.29) is 30.8 Å². The third-order valence-electron chi connectivity index (χ3n) is 7.50. The number of rotatable bonds is 12. The van der Waals surface area contributed by atoms with Gasteiger partial charge >= 0.3 is 0 Å². The zero-order chi connectivity index (χ0) is 28.5. The lowest BCUT2D eigenvalue weighted by atomic mass is 9.95. The van der Waals surface area contributed by atoms with Crippen LogP contribution in [0.5, 0.6) is 11.5 Å². The number of anilines is 1. The van der Waals surface area contributed by atoms with E-state index < -0.39 is 16.1 Å². The molecular formula is C30H41N3O6S. The second-order valence-electron chi connectivity index (χ2n) is 10.5. The van der Waals surface area contributed by atoms with E-state index in [0.717, 1.165) is 37.5 Å². The monoisotopic (exact) mass is 571 g/mol. The number of fused-ring (bicyclic) bond motifs is 1. The van der Waals surface area contributed by atoms with Crippen molar-refractivity contribution in [2.24, 2.45) is 0 Å². The van der Waals surface area contributed by atoms with Crippen molar-refractivity contribution in [3.8, 4) is 11.5 Å². The van der Waals surface area contributed by atoms with Crippen LogP contribution in [0.15, 0.2) is 48.5 Å². The fourth-order valence-electron chi connectivity index (χ4n) is 5.43. The summed E-state index contributed by atoms with van der Waals surface area (Å²) in [6, 6.07) is 14.2. The lowest BCUT2D eigenvalue weighted by molar-refractivity contribution is -0.141. The van der Waals surface area contributed by atoms with Gasteiger partial charge in [-0.15, -0.1) is 0 Å². The minimum atomic E-state index is -3.61. The number of nitrogens with one attached hydrogen (secondary N) is 1. The maximum Gasteiger partial charge on any atom is 0.243 e. The van der Waals surface area contributed by atoms with E-state index in [0.29, 0.717) is 49.8 Å². The summed E-state index contributed by atoms with van der Waals surface area (Å²) in [5.41, 5.74) is 1.40. The standard InChI is InChI=1S/C30H41N3O6S/c1-3-26(30(35)31-24-13-8-5-9-14-24)32(22-23-11-6-4-7-12-23)29(34)15-10-18-33(40(2,36)37)25-16-17-27-28(21-25)39-20-19-38-27/h4,6-7,11-12,16-17,21,24,26H,3,5,8-10,13-15,18-20,22H2,1-2H3,(H,31,35)/t26-/m1/s1. The second kappa shape index (κ2) is 13.9. The molecule has 4 rings (SSSR count). The van der Waals surface area contributed by atoms with Crippen LogP contribution in [0.25, 0.3) is 0 Å². The third-order valence-corrected chi connectivity index (χ3v) is 8.69. The molecule has 1 saturated carbocycles. The van der Waals surface area contributed by atoms with Gasteiger partial charge in [0.2, 0.25) is 21.8 Å². The Kier molecular flexibility index (Phi) is 10.3. The highest BCUT2D eigenvalue weighted by molar-refractivity contribution is 7.92. The summed E-state index contributed by atoms with van der Waals surface area (Å²) in [5.74, 6) is 0.780. The molecule has 1 heterocycles. The molecule has 10 heteroatoms. The Balaban J connectivity index is 1.46. The number of ether oxygens (including phenoxy) is 2. The highest BCUT2D eigenvalue weighted by Gasteiger charge is 2.30. The van der Waals surface area contributed by atoms with Crippen LogP contribution < -0.4 is 19.1 Å². The van der Waals surface area contributed by atoms with Crippen molar-refractivity contribution in [3.63, 3.8) is 0 Å². The van der Waals surface area contributed by atoms with Gasteiger partial charge in [-0.05, 0) is 43.4 Å². The first-order valence-electron chi connectivity index (χ1n) is 14.3. The van der Waals surface area contributed by atoms with Crippen LogP contribution in [-0.2, 0) is 26.2 Å². The predicted molar refractivity (Wildman–Crippen MR) is 155 cm³/mol. The Labute approximate surface area is 237 Å². The van der Waals surface area contributed by atoms with Crippen molar-refractivity contribution in [2.75, 3.05) is 30.3 Å². The molecule has 0 unspecified atom stereocenters. The number of hydrogen-bond acceptors (Lipinski definition) is 6. The summed E-state index contributed by atoms with van der Waals surface area (Å²) in [6.45, 7) is 3.20. The summed E-state index contributed by atoms with van der Waals surface area (Å²) in [7, 11) is -3.61. The number of carbonyl (C=O) groups is 2. The van der Waals surface area contributed by atoms with E-state index in [4.69, 9.17) is 9.47 Å². The number of hydrogen-bond donors (Lipinski definition) is 1.